The van der Waals surface area contributed by atoms with Gasteiger partial charge in [0.05, 0.1) is 7.11 Å². The molecule has 7 heteroatoms. The van der Waals surface area contributed by atoms with E-state index >= 15 is 0 Å². The zero-order valence-corrected chi connectivity index (χ0v) is 24.0. The number of nitrogens with one attached hydrogen (secondary N) is 1. The van der Waals surface area contributed by atoms with Gasteiger partial charge in [0.2, 0.25) is 0 Å². The van der Waals surface area contributed by atoms with Crippen molar-refractivity contribution in [2.75, 3.05) is 20.2 Å². The Labute approximate surface area is 236 Å². The third kappa shape index (κ3) is 5.53. The number of ether oxygens (including phenoxy) is 2. The highest BCUT2D eigenvalue weighted by molar-refractivity contribution is 5.96. The van der Waals surface area contributed by atoms with Gasteiger partial charge in [-0.05, 0) is 112 Å². The number of hydrogen-bond acceptors (Lipinski definition) is 5. The van der Waals surface area contributed by atoms with Crippen LogP contribution in [0.4, 0.5) is 4.39 Å². The molecular formula is C33H40FN3O3. The number of hydrogen-bond donors (Lipinski definition) is 1. The number of H-pyrrole nitrogens is 1. The molecular weight excluding hydrogens is 505 g/mol. The molecule has 212 valence electrons. The van der Waals surface area contributed by atoms with Crippen molar-refractivity contribution in [3.05, 3.63) is 54.1 Å². The molecule has 0 saturated heterocycles. The largest absolute Gasteiger partial charge is 0.496 e. The molecule has 0 bridgehead atoms. The Morgan fingerprint density at radius 3 is 2.55 bits per heavy atom. The number of carbonyl (C=O) groups is 1. The minimum atomic E-state index is -0.405. The van der Waals surface area contributed by atoms with E-state index in [1.54, 1.807) is 19.4 Å². The second-order valence-electron chi connectivity index (χ2n) is 12.9. The first kappa shape index (κ1) is 27.0. The maximum atomic E-state index is 14.1. The fraction of sp³-hybridized carbons (Fsp3) is 0.515. The van der Waals surface area contributed by atoms with E-state index in [-0.39, 0.29) is 11.8 Å². The lowest BCUT2D eigenvalue weighted by molar-refractivity contribution is -0.155. The molecule has 40 heavy (non-hydrogen) atoms. The van der Waals surface area contributed by atoms with Gasteiger partial charge in [-0.3, -0.25) is 9.69 Å². The summed E-state index contributed by atoms with van der Waals surface area (Å²) in [6.07, 6.45) is 10.5. The van der Waals surface area contributed by atoms with Crippen molar-refractivity contribution in [3.8, 4) is 16.9 Å². The average Bonchev–Trinajstić information content (AvgIpc) is 3.61. The highest BCUT2D eigenvalue weighted by Crippen LogP contribution is 2.49. The van der Waals surface area contributed by atoms with Gasteiger partial charge in [-0.2, -0.15) is 0 Å². The summed E-state index contributed by atoms with van der Waals surface area (Å²) in [6, 6.07) is 9.31. The summed E-state index contributed by atoms with van der Waals surface area (Å²) in [7, 11) is 1.61. The van der Waals surface area contributed by atoms with Crippen LogP contribution in [0, 0.1) is 23.6 Å². The van der Waals surface area contributed by atoms with Crippen LogP contribution >= 0.6 is 0 Å². The number of aromatic amines is 1. The third-order valence-electron chi connectivity index (χ3n) is 9.05. The zero-order valence-electron chi connectivity index (χ0n) is 24.0. The molecule has 2 saturated carbocycles. The number of pyridine rings is 1. The van der Waals surface area contributed by atoms with Crippen LogP contribution in [0.5, 0.6) is 5.75 Å². The molecule has 4 atom stereocenters. The molecule has 0 unspecified atom stereocenters. The van der Waals surface area contributed by atoms with Crippen molar-refractivity contribution in [1.82, 2.24) is 14.9 Å². The minimum Gasteiger partial charge on any atom is -0.496 e. The van der Waals surface area contributed by atoms with Gasteiger partial charge < -0.3 is 14.5 Å². The molecule has 2 aromatic heterocycles. The van der Waals surface area contributed by atoms with E-state index in [2.05, 4.69) is 27.0 Å². The van der Waals surface area contributed by atoms with Gasteiger partial charge in [0.1, 0.15) is 22.8 Å². The fourth-order valence-corrected chi connectivity index (χ4v) is 7.38. The Morgan fingerprint density at radius 2 is 1.88 bits per heavy atom. The van der Waals surface area contributed by atoms with Gasteiger partial charge in [-0.15, -0.1) is 0 Å². The SMILES string of the molecule is COc1ccc(F)cc1-c1ccnc2[nH]c(C3=CCN([C@H]4C[C@H]5C[C@@H](CC(=O)OC(C)(C)C)C[C@H]5C4)CC3)cc12. The molecule has 3 aromatic rings. The van der Waals surface area contributed by atoms with Crippen LogP contribution in [-0.2, 0) is 9.53 Å². The summed E-state index contributed by atoms with van der Waals surface area (Å²) in [5.41, 5.74) is 4.42. The van der Waals surface area contributed by atoms with E-state index in [4.69, 9.17) is 9.47 Å². The Morgan fingerprint density at radius 1 is 1.10 bits per heavy atom. The fourth-order valence-electron chi connectivity index (χ4n) is 7.38. The van der Waals surface area contributed by atoms with Crippen LogP contribution in [0.1, 0.15) is 65.0 Å². The van der Waals surface area contributed by atoms with Crippen molar-refractivity contribution in [2.45, 2.75) is 70.9 Å². The maximum absolute atomic E-state index is 14.1. The smallest absolute Gasteiger partial charge is 0.306 e. The lowest BCUT2D eigenvalue weighted by Crippen LogP contribution is -2.37. The Kier molecular flexibility index (Phi) is 7.19. The number of carbonyl (C=O) groups excluding carboxylic acids is 1. The molecule has 0 amide bonds. The van der Waals surface area contributed by atoms with E-state index < -0.39 is 5.60 Å². The van der Waals surface area contributed by atoms with Crippen LogP contribution < -0.4 is 4.74 Å². The summed E-state index contributed by atoms with van der Waals surface area (Å²) in [4.78, 5) is 23.0. The minimum absolute atomic E-state index is 0.0444. The van der Waals surface area contributed by atoms with Gasteiger partial charge in [-0.1, -0.05) is 6.08 Å². The molecule has 2 aliphatic carbocycles. The molecule has 6 rings (SSSR count). The molecule has 0 radical (unpaired) electrons. The second kappa shape index (κ2) is 10.7. The summed E-state index contributed by atoms with van der Waals surface area (Å²) in [6.45, 7) is 7.81. The van der Waals surface area contributed by atoms with E-state index in [9.17, 15) is 9.18 Å². The number of esters is 1. The van der Waals surface area contributed by atoms with Crippen molar-refractivity contribution >= 4 is 22.6 Å². The van der Waals surface area contributed by atoms with Crippen molar-refractivity contribution in [1.29, 1.82) is 0 Å². The average molecular weight is 546 g/mol. The van der Waals surface area contributed by atoms with Crippen molar-refractivity contribution in [2.24, 2.45) is 17.8 Å². The number of halogens is 1. The Hall–Kier alpha value is -3.19. The number of nitrogens with zero attached hydrogens (tertiary/aromatic N) is 2. The normalized spacial score (nSPS) is 25.2. The van der Waals surface area contributed by atoms with Crippen LogP contribution in [0.25, 0.3) is 27.7 Å². The van der Waals surface area contributed by atoms with E-state index in [0.717, 1.165) is 72.0 Å². The van der Waals surface area contributed by atoms with Gasteiger partial charge >= 0.3 is 5.97 Å². The van der Waals surface area contributed by atoms with E-state index in [0.29, 0.717) is 24.1 Å². The lowest BCUT2D eigenvalue weighted by atomic mass is 9.97. The Bertz CT molecular complexity index is 1420. The number of aromatic nitrogens is 2. The molecule has 1 N–H and O–H groups in total. The molecule has 3 aliphatic rings. The first-order valence-electron chi connectivity index (χ1n) is 14.6. The van der Waals surface area contributed by atoms with E-state index in [1.165, 1.54) is 30.5 Å². The molecule has 2 fully saturated rings. The lowest BCUT2D eigenvalue weighted by Gasteiger charge is -2.32. The van der Waals surface area contributed by atoms with Crippen molar-refractivity contribution < 1.29 is 18.7 Å². The first-order chi connectivity index (χ1) is 19.2. The van der Waals surface area contributed by atoms with E-state index in [1.807, 2.05) is 26.8 Å². The highest BCUT2D eigenvalue weighted by Gasteiger charge is 2.44. The second-order valence-corrected chi connectivity index (χ2v) is 12.9. The third-order valence-corrected chi connectivity index (χ3v) is 9.05. The summed E-state index contributed by atoms with van der Waals surface area (Å²) in [5, 5.41) is 0.967. The number of methoxy groups -OCH3 is 1. The van der Waals surface area contributed by atoms with Crippen LogP contribution in [0.2, 0.25) is 0 Å². The van der Waals surface area contributed by atoms with Gasteiger partial charge in [0.15, 0.2) is 0 Å². The first-order valence-corrected chi connectivity index (χ1v) is 14.6. The summed E-state index contributed by atoms with van der Waals surface area (Å²) >= 11 is 0. The molecule has 6 nitrogen and oxygen atoms in total. The maximum Gasteiger partial charge on any atom is 0.306 e. The quantitative estimate of drug-likeness (QED) is 0.338. The number of rotatable bonds is 6. The zero-order chi connectivity index (χ0) is 28.0. The predicted molar refractivity (Wildman–Crippen MR) is 155 cm³/mol. The molecule has 0 spiro atoms. The summed E-state index contributed by atoms with van der Waals surface area (Å²) in [5.74, 6) is 2.26. The predicted octanol–water partition coefficient (Wildman–Crippen LogP) is 7.00. The monoisotopic (exact) mass is 545 g/mol. The Balaban J connectivity index is 1.10. The van der Waals surface area contributed by atoms with Gasteiger partial charge in [0, 0.05) is 48.4 Å². The topological polar surface area (TPSA) is 67.5 Å². The van der Waals surface area contributed by atoms with Gasteiger partial charge in [-0.25, -0.2) is 9.37 Å². The molecule has 1 aliphatic heterocycles. The van der Waals surface area contributed by atoms with Crippen LogP contribution in [-0.4, -0.2) is 52.7 Å². The van der Waals surface area contributed by atoms with Crippen LogP contribution in [0.15, 0.2) is 42.6 Å². The highest BCUT2D eigenvalue weighted by atomic mass is 19.1. The van der Waals surface area contributed by atoms with Crippen molar-refractivity contribution in [3.63, 3.8) is 0 Å². The number of benzene rings is 1. The molecule has 1 aromatic carbocycles. The number of fused-ring (bicyclic) bond motifs is 2. The standard InChI is InChI=1S/C33H40FN3O3/c1-33(2,3)40-31(38)15-20-13-22-16-25(17-23(22)14-20)37-11-8-21(9-12-37)29-19-28-26(7-10-35-32(28)36-29)27-18-24(34)5-6-30(27)39-4/h5-8,10,18-20,22-23,25H,9,11-17H2,1-4H3,(H,35,36)/t20-,22-,23+,25+. The summed E-state index contributed by atoms with van der Waals surface area (Å²) < 4.78 is 25.2. The van der Waals surface area contributed by atoms with Gasteiger partial charge in [0.25, 0.3) is 0 Å². The molecule has 3 heterocycles. The van der Waals surface area contributed by atoms with Crippen LogP contribution in [0.3, 0.4) is 0 Å².